The fourth-order valence-electron chi connectivity index (χ4n) is 3.91. The first-order valence-corrected chi connectivity index (χ1v) is 12.7. The molecule has 186 valence electrons. The molecule has 0 N–H and O–H groups in total. The SMILES string of the molecule is CCOC(=O)C1=C(C)N=c2s/c(=C/c3cc(Br)ccc3OC(C)=O)c(=O)n2[C@@H]1c1ccc(OC)cc1. The number of hydrogen-bond acceptors (Lipinski definition) is 8. The van der Waals surface area contributed by atoms with Crippen LogP contribution < -0.4 is 24.4 Å². The number of hydrogen-bond donors (Lipinski definition) is 0. The van der Waals surface area contributed by atoms with Crippen molar-refractivity contribution in [3.63, 3.8) is 0 Å². The zero-order valence-corrected chi connectivity index (χ0v) is 22.4. The van der Waals surface area contributed by atoms with Crippen LogP contribution in [0.5, 0.6) is 11.5 Å². The zero-order valence-electron chi connectivity index (χ0n) is 20.0. The zero-order chi connectivity index (χ0) is 26.0. The Balaban J connectivity index is 1.95. The van der Waals surface area contributed by atoms with Gasteiger partial charge in [0.2, 0.25) is 0 Å². The van der Waals surface area contributed by atoms with Crippen molar-refractivity contribution >= 4 is 45.3 Å². The first kappa shape index (κ1) is 25.6. The third kappa shape index (κ3) is 5.05. The molecule has 1 aliphatic rings. The van der Waals surface area contributed by atoms with Crippen LogP contribution in [0.2, 0.25) is 0 Å². The molecule has 4 rings (SSSR count). The van der Waals surface area contributed by atoms with Gasteiger partial charge in [-0.25, -0.2) is 9.79 Å². The number of esters is 2. The molecule has 0 spiro atoms. The molecule has 0 saturated heterocycles. The highest BCUT2D eigenvalue weighted by molar-refractivity contribution is 9.10. The summed E-state index contributed by atoms with van der Waals surface area (Å²) in [5.41, 5.74) is 1.70. The highest BCUT2D eigenvalue weighted by Gasteiger charge is 2.33. The van der Waals surface area contributed by atoms with Crippen LogP contribution in [-0.4, -0.2) is 30.2 Å². The van der Waals surface area contributed by atoms with E-state index in [2.05, 4.69) is 20.9 Å². The van der Waals surface area contributed by atoms with Gasteiger partial charge in [-0.3, -0.25) is 14.2 Å². The van der Waals surface area contributed by atoms with Crippen LogP contribution in [0, 0.1) is 0 Å². The molecule has 10 heteroatoms. The Morgan fingerprint density at radius 1 is 1.19 bits per heavy atom. The van der Waals surface area contributed by atoms with Gasteiger partial charge in [-0.05, 0) is 55.8 Å². The molecular formula is C26H23BrN2O6S. The summed E-state index contributed by atoms with van der Waals surface area (Å²) in [5.74, 6) is -0.0237. The number of allylic oxidation sites excluding steroid dienone is 1. The monoisotopic (exact) mass is 570 g/mol. The molecule has 1 atom stereocenters. The second-order valence-electron chi connectivity index (χ2n) is 7.85. The van der Waals surface area contributed by atoms with Crippen LogP contribution in [0.4, 0.5) is 0 Å². The van der Waals surface area contributed by atoms with Gasteiger partial charge in [-0.1, -0.05) is 39.4 Å². The van der Waals surface area contributed by atoms with Crippen molar-refractivity contribution < 1.29 is 23.8 Å². The number of halogens is 1. The molecule has 0 aliphatic carbocycles. The van der Waals surface area contributed by atoms with Gasteiger partial charge in [-0.15, -0.1) is 0 Å². The normalized spacial score (nSPS) is 15.2. The molecule has 0 fully saturated rings. The number of rotatable bonds is 6. The van der Waals surface area contributed by atoms with Crippen LogP contribution in [-0.2, 0) is 14.3 Å². The summed E-state index contributed by atoms with van der Waals surface area (Å²) in [5, 5.41) is 0. The molecule has 2 aromatic carbocycles. The van der Waals surface area contributed by atoms with Crippen molar-refractivity contribution in [3.05, 3.63) is 89.0 Å². The third-order valence-corrected chi connectivity index (χ3v) is 6.94. The molecule has 3 aromatic rings. The molecule has 36 heavy (non-hydrogen) atoms. The number of ether oxygens (including phenoxy) is 3. The first-order chi connectivity index (χ1) is 17.2. The molecule has 1 aliphatic heterocycles. The minimum absolute atomic E-state index is 0.192. The minimum Gasteiger partial charge on any atom is -0.497 e. The second kappa shape index (κ2) is 10.6. The summed E-state index contributed by atoms with van der Waals surface area (Å²) in [7, 11) is 1.57. The Hall–Kier alpha value is -3.50. The minimum atomic E-state index is -0.733. The number of carbonyl (C=O) groups excluding carboxylic acids is 2. The Morgan fingerprint density at radius 3 is 2.56 bits per heavy atom. The number of thiazole rings is 1. The highest BCUT2D eigenvalue weighted by atomic mass is 79.9. The van der Waals surface area contributed by atoms with Crippen molar-refractivity contribution in [1.82, 2.24) is 4.57 Å². The summed E-state index contributed by atoms with van der Waals surface area (Å²) in [6.45, 7) is 4.96. The molecule has 0 saturated carbocycles. The molecule has 1 aromatic heterocycles. The Kier molecular flexibility index (Phi) is 7.56. The van der Waals surface area contributed by atoms with Crippen molar-refractivity contribution in [2.45, 2.75) is 26.8 Å². The van der Waals surface area contributed by atoms with Crippen molar-refractivity contribution in [1.29, 1.82) is 0 Å². The summed E-state index contributed by atoms with van der Waals surface area (Å²) < 4.78 is 18.5. The van der Waals surface area contributed by atoms with Crippen molar-refractivity contribution in [2.75, 3.05) is 13.7 Å². The average Bonchev–Trinajstić information content (AvgIpc) is 3.14. The Bertz CT molecular complexity index is 1550. The van der Waals surface area contributed by atoms with E-state index in [4.69, 9.17) is 14.2 Å². The number of fused-ring (bicyclic) bond motifs is 1. The van der Waals surface area contributed by atoms with Crippen LogP contribution in [0.15, 0.2) is 68.0 Å². The van der Waals surface area contributed by atoms with E-state index in [9.17, 15) is 14.4 Å². The van der Waals surface area contributed by atoms with E-state index in [1.54, 1.807) is 57.4 Å². The number of aromatic nitrogens is 1. The predicted octanol–water partition coefficient (Wildman–Crippen LogP) is 3.49. The van der Waals surface area contributed by atoms with E-state index in [1.165, 1.54) is 22.8 Å². The molecule has 0 bridgehead atoms. The van der Waals surface area contributed by atoms with Gasteiger partial charge < -0.3 is 14.2 Å². The average molecular weight is 571 g/mol. The van der Waals surface area contributed by atoms with Crippen molar-refractivity contribution in [2.24, 2.45) is 4.99 Å². The quantitative estimate of drug-likeness (QED) is 0.332. The fraction of sp³-hybridized carbons (Fsp3) is 0.231. The number of methoxy groups -OCH3 is 1. The maximum absolute atomic E-state index is 13.7. The van der Waals surface area contributed by atoms with E-state index in [0.717, 1.165) is 4.47 Å². The molecule has 0 amide bonds. The molecule has 8 nitrogen and oxygen atoms in total. The van der Waals surface area contributed by atoms with E-state index in [-0.39, 0.29) is 12.2 Å². The largest absolute Gasteiger partial charge is 0.497 e. The predicted molar refractivity (Wildman–Crippen MR) is 139 cm³/mol. The lowest BCUT2D eigenvalue weighted by molar-refractivity contribution is -0.139. The first-order valence-electron chi connectivity index (χ1n) is 11.0. The lowest BCUT2D eigenvalue weighted by Gasteiger charge is -2.24. The molecule has 0 unspecified atom stereocenters. The lowest BCUT2D eigenvalue weighted by Crippen LogP contribution is -2.39. The Morgan fingerprint density at radius 2 is 1.92 bits per heavy atom. The van der Waals surface area contributed by atoms with Crippen LogP contribution in [0.25, 0.3) is 6.08 Å². The van der Waals surface area contributed by atoms with Gasteiger partial charge in [-0.2, -0.15) is 0 Å². The van der Waals surface area contributed by atoms with E-state index in [0.29, 0.717) is 43.2 Å². The van der Waals surface area contributed by atoms with E-state index in [1.807, 2.05) is 12.1 Å². The third-order valence-electron chi connectivity index (χ3n) is 5.46. The number of nitrogens with zero attached hydrogens (tertiary/aromatic N) is 2. The van der Waals surface area contributed by atoms with E-state index >= 15 is 0 Å². The molecule has 0 radical (unpaired) electrons. The summed E-state index contributed by atoms with van der Waals surface area (Å²) in [4.78, 5) is 43.3. The standard InChI is InChI=1S/C26H23BrN2O6S/c1-5-34-25(32)22-14(2)28-26-29(23(22)16-6-9-19(33-4)10-7-16)24(31)21(36-26)13-17-12-18(27)8-11-20(17)35-15(3)30/h6-13,23H,5H2,1-4H3/b21-13+/t23-/m1/s1. The van der Waals surface area contributed by atoms with Gasteiger partial charge in [0, 0.05) is 17.0 Å². The summed E-state index contributed by atoms with van der Waals surface area (Å²) in [6, 6.07) is 11.6. The van der Waals surface area contributed by atoms with Gasteiger partial charge in [0.25, 0.3) is 5.56 Å². The van der Waals surface area contributed by atoms with Gasteiger partial charge in [0.1, 0.15) is 11.5 Å². The topological polar surface area (TPSA) is 96.2 Å². The number of benzene rings is 2. The van der Waals surface area contributed by atoms with Gasteiger partial charge >= 0.3 is 11.9 Å². The maximum Gasteiger partial charge on any atom is 0.338 e. The second-order valence-corrected chi connectivity index (χ2v) is 9.78. The van der Waals surface area contributed by atoms with Crippen LogP contribution in [0.3, 0.4) is 0 Å². The fourth-order valence-corrected chi connectivity index (χ4v) is 5.33. The van der Waals surface area contributed by atoms with Crippen molar-refractivity contribution in [3.8, 4) is 11.5 Å². The smallest absolute Gasteiger partial charge is 0.338 e. The summed E-state index contributed by atoms with van der Waals surface area (Å²) in [6.07, 6.45) is 1.65. The van der Waals surface area contributed by atoms with Gasteiger partial charge in [0.05, 0.1) is 35.6 Å². The highest BCUT2D eigenvalue weighted by Crippen LogP contribution is 2.31. The Labute approximate surface area is 219 Å². The summed E-state index contributed by atoms with van der Waals surface area (Å²) >= 11 is 4.61. The number of carbonyl (C=O) groups is 2. The van der Waals surface area contributed by atoms with Gasteiger partial charge in [0.15, 0.2) is 4.80 Å². The van der Waals surface area contributed by atoms with E-state index < -0.39 is 18.0 Å². The van der Waals surface area contributed by atoms with Crippen LogP contribution in [0.1, 0.15) is 37.9 Å². The molecular weight excluding hydrogens is 548 g/mol. The lowest BCUT2D eigenvalue weighted by atomic mass is 9.96. The molecule has 2 heterocycles. The van der Waals surface area contributed by atoms with Crippen LogP contribution >= 0.6 is 27.3 Å². The maximum atomic E-state index is 13.7.